The normalized spacial score (nSPS) is 11.0. The van der Waals surface area contributed by atoms with Gasteiger partial charge in [0.05, 0.1) is 19.4 Å². The van der Waals surface area contributed by atoms with Crippen molar-refractivity contribution in [3.63, 3.8) is 0 Å². The minimum Gasteiger partial charge on any atom is -0.481 e. The molecule has 0 aliphatic carbocycles. The van der Waals surface area contributed by atoms with Gasteiger partial charge in [0.25, 0.3) is 6.01 Å². The number of rotatable bonds is 7. The van der Waals surface area contributed by atoms with Crippen LogP contribution >= 0.6 is 0 Å². The Morgan fingerprint density at radius 1 is 1.07 bits per heavy atom. The summed E-state index contributed by atoms with van der Waals surface area (Å²) < 4.78 is 1.41. The summed E-state index contributed by atoms with van der Waals surface area (Å²) in [6.07, 6.45) is -0.170. The first-order valence-corrected chi connectivity index (χ1v) is 8.06. The molecule has 0 saturated carbocycles. The number of nitrogen functional groups attached to an aromatic ring is 1. The summed E-state index contributed by atoms with van der Waals surface area (Å²) in [4.78, 5) is 33.9. The van der Waals surface area contributed by atoms with Crippen molar-refractivity contribution in [1.29, 1.82) is 0 Å². The largest absolute Gasteiger partial charge is 0.481 e. The van der Waals surface area contributed by atoms with E-state index in [9.17, 15) is 14.7 Å². The van der Waals surface area contributed by atoms with Gasteiger partial charge < -0.3 is 21.1 Å². The van der Waals surface area contributed by atoms with Crippen LogP contribution < -0.4 is 5.73 Å². The van der Waals surface area contributed by atoms with Crippen LogP contribution in [0, 0.1) is 0 Å². The van der Waals surface area contributed by atoms with Crippen molar-refractivity contribution in [3.8, 4) is 6.01 Å². The number of carboxylic acids is 2. The van der Waals surface area contributed by atoms with E-state index >= 15 is 0 Å². The number of nitrogens with zero attached hydrogens (tertiary/aromatic N) is 4. The van der Waals surface area contributed by atoms with Gasteiger partial charge in [0.15, 0.2) is 17.0 Å². The van der Waals surface area contributed by atoms with E-state index in [4.69, 9.17) is 15.9 Å². The van der Waals surface area contributed by atoms with E-state index in [0.717, 1.165) is 5.56 Å². The molecule has 0 radical (unpaired) electrons. The van der Waals surface area contributed by atoms with Crippen molar-refractivity contribution in [2.45, 2.75) is 25.8 Å². The fourth-order valence-corrected chi connectivity index (χ4v) is 2.73. The maximum Gasteiger partial charge on any atom is 0.307 e. The van der Waals surface area contributed by atoms with Gasteiger partial charge in [-0.15, -0.1) is 0 Å². The summed E-state index contributed by atoms with van der Waals surface area (Å²) >= 11 is 0. The van der Waals surface area contributed by atoms with Crippen LogP contribution in [0.1, 0.15) is 23.4 Å². The number of hydrogen-bond acceptors (Lipinski definition) is 7. The van der Waals surface area contributed by atoms with Crippen LogP contribution in [0.4, 0.5) is 5.82 Å². The number of carboxylic acid groups (broad SMARTS) is 2. The number of aliphatic carboxylic acids is 2. The molecule has 0 saturated heterocycles. The van der Waals surface area contributed by atoms with Crippen molar-refractivity contribution in [2.24, 2.45) is 0 Å². The lowest BCUT2D eigenvalue weighted by atomic mass is 10.1. The van der Waals surface area contributed by atoms with Crippen molar-refractivity contribution in [1.82, 2.24) is 19.5 Å². The van der Waals surface area contributed by atoms with Crippen LogP contribution in [0.5, 0.6) is 6.01 Å². The fraction of sp³-hybridized carbons (Fsp3) is 0.235. The molecule has 1 aromatic carbocycles. The van der Waals surface area contributed by atoms with Crippen molar-refractivity contribution >= 4 is 28.9 Å². The molecule has 0 aliphatic rings. The number of imidazole rings is 1. The fourth-order valence-electron chi connectivity index (χ4n) is 2.73. The van der Waals surface area contributed by atoms with Crippen LogP contribution in [0.3, 0.4) is 0 Å². The maximum absolute atomic E-state index is 10.9. The number of nitrogens with two attached hydrogens (primary N) is 1. The molecular weight excluding hydrogens is 354 g/mol. The van der Waals surface area contributed by atoms with E-state index in [0.29, 0.717) is 5.56 Å². The lowest BCUT2D eigenvalue weighted by Gasteiger charge is -2.08. The van der Waals surface area contributed by atoms with Gasteiger partial charge in [-0.25, -0.2) is 9.97 Å². The summed E-state index contributed by atoms with van der Waals surface area (Å²) in [6.45, 7) is 0.185. The first-order chi connectivity index (χ1) is 12.8. The highest BCUT2D eigenvalue weighted by Gasteiger charge is 2.17. The van der Waals surface area contributed by atoms with Gasteiger partial charge in [-0.2, -0.15) is 4.98 Å². The number of fused-ring (bicyclic) bond motifs is 1. The Balaban J connectivity index is 1.97. The van der Waals surface area contributed by atoms with E-state index in [1.165, 1.54) is 4.57 Å². The highest BCUT2D eigenvalue weighted by molar-refractivity contribution is 5.83. The summed E-state index contributed by atoms with van der Waals surface area (Å²) in [7, 11) is 0. The van der Waals surface area contributed by atoms with Crippen molar-refractivity contribution in [3.05, 3.63) is 41.2 Å². The average Bonchev–Trinajstić information content (AvgIpc) is 2.89. The van der Waals surface area contributed by atoms with Crippen LogP contribution in [0.15, 0.2) is 24.3 Å². The molecule has 0 fully saturated rings. The zero-order valence-electron chi connectivity index (χ0n) is 14.2. The standard InChI is InChI=1S/C17H17N5O5/c18-15-14-16(20-11(19-15)4-5-12(23)24)22(17(27)21-14)8-10-3-1-2-9(6-10)7-13(25)26/h1-3,6H,4-5,7-8H2,(H,21,27)(H,23,24)(H,25,26)(H2,18,19,20). The molecule has 5 N–H and O–H groups in total. The van der Waals surface area contributed by atoms with Gasteiger partial charge in [0, 0.05) is 6.42 Å². The Kier molecular flexibility index (Phi) is 4.88. The number of aromatic hydroxyl groups is 1. The SMILES string of the molecule is Nc1nc(CCC(=O)O)nc2c1nc(O)n2Cc1cccc(CC(=O)O)c1. The molecule has 10 heteroatoms. The lowest BCUT2D eigenvalue weighted by molar-refractivity contribution is -0.137. The zero-order chi connectivity index (χ0) is 19.6. The molecule has 3 aromatic rings. The average molecular weight is 371 g/mol. The lowest BCUT2D eigenvalue weighted by Crippen LogP contribution is -2.07. The van der Waals surface area contributed by atoms with Crippen LogP contribution in [0.2, 0.25) is 0 Å². The van der Waals surface area contributed by atoms with Gasteiger partial charge in [-0.05, 0) is 11.1 Å². The highest BCUT2D eigenvalue weighted by Crippen LogP contribution is 2.24. The number of benzene rings is 1. The minimum atomic E-state index is -0.983. The molecule has 0 aliphatic heterocycles. The van der Waals surface area contributed by atoms with Crippen LogP contribution in [0.25, 0.3) is 11.2 Å². The Morgan fingerprint density at radius 3 is 2.52 bits per heavy atom. The van der Waals surface area contributed by atoms with Gasteiger partial charge in [0.1, 0.15) is 5.82 Å². The van der Waals surface area contributed by atoms with E-state index < -0.39 is 11.9 Å². The molecule has 2 aromatic heterocycles. The van der Waals surface area contributed by atoms with Crippen molar-refractivity contribution < 1.29 is 24.9 Å². The molecule has 0 spiro atoms. The molecule has 0 bridgehead atoms. The van der Waals surface area contributed by atoms with Gasteiger partial charge in [-0.1, -0.05) is 24.3 Å². The first kappa shape index (κ1) is 18.1. The number of anilines is 1. The second kappa shape index (κ2) is 7.28. The third-order valence-electron chi connectivity index (χ3n) is 3.90. The summed E-state index contributed by atoms with van der Waals surface area (Å²) in [5, 5.41) is 27.9. The molecule has 3 rings (SSSR count). The molecule has 27 heavy (non-hydrogen) atoms. The molecule has 0 amide bonds. The third-order valence-corrected chi connectivity index (χ3v) is 3.90. The number of aryl methyl sites for hydroxylation is 1. The number of aromatic nitrogens is 4. The monoisotopic (exact) mass is 371 g/mol. The maximum atomic E-state index is 10.9. The van der Waals surface area contributed by atoms with Crippen LogP contribution in [-0.4, -0.2) is 46.8 Å². The summed E-state index contributed by atoms with van der Waals surface area (Å²) in [6, 6.07) is 6.62. The van der Waals surface area contributed by atoms with Gasteiger partial charge in [-0.3, -0.25) is 14.2 Å². The van der Waals surface area contributed by atoms with E-state index in [2.05, 4.69) is 15.0 Å². The van der Waals surface area contributed by atoms with Gasteiger partial charge >= 0.3 is 11.9 Å². The molecule has 10 nitrogen and oxygen atoms in total. The predicted octanol–water partition coefficient (Wildman–Crippen LogP) is 0.807. The van der Waals surface area contributed by atoms with Gasteiger partial charge in [0.2, 0.25) is 0 Å². The Bertz CT molecular complexity index is 1030. The zero-order valence-corrected chi connectivity index (χ0v) is 14.2. The van der Waals surface area contributed by atoms with Crippen molar-refractivity contribution in [2.75, 3.05) is 5.73 Å². The van der Waals surface area contributed by atoms with E-state index in [1.807, 2.05) is 0 Å². The molecular formula is C17H17N5O5. The molecule has 0 atom stereocenters. The molecule has 140 valence electrons. The molecule has 2 heterocycles. The smallest absolute Gasteiger partial charge is 0.307 e. The quantitative estimate of drug-likeness (QED) is 0.470. The summed E-state index contributed by atoms with van der Waals surface area (Å²) in [5.74, 6) is -1.63. The molecule has 0 unspecified atom stereocenters. The third kappa shape index (κ3) is 4.11. The first-order valence-electron chi connectivity index (χ1n) is 8.06. The second-order valence-electron chi connectivity index (χ2n) is 5.98. The van der Waals surface area contributed by atoms with E-state index in [-0.39, 0.29) is 54.6 Å². The second-order valence-corrected chi connectivity index (χ2v) is 5.98. The minimum absolute atomic E-state index is 0.0501. The summed E-state index contributed by atoms with van der Waals surface area (Å²) in [5.41, 5.74) is 7.73. The highest BCUT2D eigenvalue weighted by atomic mass is 16.4. The number of hydrogen-bond donors (Lipinski definition) is 4. The number of carbonyl (C=O) groups is 2. The predicted molar refractivity (Wildman–Crippen MR) is 94.2 cm³/mol. The van der Waals surface area contributed by atoms with E-state index in [1.54, 1.807) is 24.3 Å². The Labute approximate surface area is 152 Å². The Hall–Kier alpha value is -3.69. The van der Waals surface area contributed by atoms with Crippen LogP contribution in [-0.2, 0) is 29.0 Å². The Morgan fingerprint density at radius 2 is 1.81 bits per heavy atom. The topological polar surface area (TPSA) is 164 Å².